The molecular weight excluding hydrogens is 264 g/mol. The molecule has 0 aliphatic carbocycles. The van der Waals surface area contributed by atoms with Crippen LogP contribution < -0.4 is 5.56 Å². The van der Waals surface area contributed by atoms with Crippen molar-refractivity contribution in [3.05, 3.63) is 76.3 Å². The van der Waals surface area contributed by atoms with Gasteiger partial charge in [0, 0.05) is 18.1 Å². The van der Waals surface area contributed by atoms with Gasteiger partial charge in [-0.15, -0.1) is 0 Å². The van der Waals surface area contributed by atoms with Gasteiger partial charge in [0.15, 0.2) is 5.82 Å². The van der Waals surface area contributed by atoms with Crippen molar-refractivity contribution in [2.45, 2.75) is 6.92 Å². The van der Waals surface area contributed by atoms with Crippen molar-refractivity contribution in [3.8, 4) is 5.69 Å². The molecule has 5 heteroatoms. The zero-order valence-corrected chi connectivity index (χ0v) is 11.5. The third kappa shape index (κ3) is 2.67. The van der Waals surface area contributed by atoms with E-state index in [1.54, 1.807) is 18.5 Å². The number of aliphatic imine (C=N–C) groups is 1. The third-order valence-corrected chi connectivity index (χ3v) is 3.11. The molecule has 0 amide bonds. The summed E-state index contributed by atoms with van der Waals surface area (Å²) in [6.07, 6.45) is 3.22. The lowest BCUT2D eigenvalue weighted by Gasteiger charge is -1.99. The maximum atomic E-state index is 12.4. The topological polar surface area (TPSA) is 63.0 Å². The predicted molar refractivity (Wildman–Crippen MR) is 82.6 cm³/mol. The van der Waals surface area contributed by atoms with Crippen LogP contribution in [-0.2, 0) is 0 Å². The van der Waals surface area contributed by atoms with Crippen LogP contribution in [0.25, 0.3) is 5.69 Å². The highest BCUT2D eigenvalue weighted by Crippen LogP contribution is 2.08. The summed E-state index contributed by atoms with van der Waals surface area (Å²) < 4.78 is 1.51. The number of para-hydroxylation sites is 1. The van der Waals surface area contributed by atoms with Gasteiger partial charge in [-0.1, -0.05) is 24.3 Å². The van der Waals surface area contributed by atoms with Crippen LogP contribution in [0, 0.1) is 6.92 Å². The van der Waals surface area contributed by atoms with Crippen LogP contribution in [0.4, 0.5) is 5.82 Å². The number of pyridine rings is 1. The average molecular weight is 278 g/mol. The molecule has 0 saturated heterocycles. The molecule has 3 rings (SSSR count). The predicted octanol–water partition coefficient (Wildman–Crippen LogP) is 2.62. The Balaban J connectivity index is 2.00. The number of nitrogens with one attached hydrogen (secondary N) is 1. The van der Waals surface area contributed by atoms with Gasteiger partial charge in [0.1, 0.15) is 0 Å². The lowest BCUT2D eigenvalue weighted by Crippen LogP contribution is -2.17. The number of H-pyrrole nitrogens is 1. The minimum absolute atomic E-state index is 0.126. The van der Waals surface area contributed by atoms with Crippen molar-refractivity contribution < 1.29 is 0 Å². The van der Waals surface area contributed by atoms with Gasteiger partial charge < -0.3 is 0 Å². The molecule has 0 aliphatic rings. The van der Waals surface area contributed by atoms with Gasteiger partial charge in [-0.25, -0.2) is 14.7 Å². The molecule has 104 valence electrons. The number of aromatic nitrogens is 3. The highest BCUT2D eigenvalue weighted by atomic mass is 16.1. The first-order valence-electron chi connectivity index (χ1n) is 6.58. The summed E-state index contributed by atoms with van der Waals surface area (Å²) in [5, 5.41) is 3.06. The Kier molecular flexibility index (Phi) is 3.47. The average Bonchev–Trinajstić information content (AvgIpc) is 2.82. The Morgan fingerprint density at radius 2 is 1.90 bits per heavy atom. The van der Waals surface area contributed by atoms with Gasteiger partial charge in [-0.3, -0.25) is 9.89 Å². The van der Waals surface area contributed by atoms with E-state index in [0.29, 0.717) is 11.4 Å². The number of hydrogen-bond acceptors (Lipinski definition) is 3. The molecule has 0 unspecified atom stereocenters. The Hall–Kier alpha value is -2.95. The smallest absolute Gasteiger partial charge is 0.280 e. The Bertz CT molecular complexity index is 816. The summed E-state index contributed by atoms with van der Waals surface area (Å²) in [5.74, 6) is 0.573. The van der Waals surface area contributed by atoms with Crippen molar-refractivity contribution in [2.24, 2.45) is 4.99 Å². The van der Waals surface area contributed by atoms with Crippen molar-refractivity contribution in [1.82, 2.24) is 14.8 Å². The molecular formula is C16H14N4O. The quantitative estimate of drug-likeness (QED) is 0.748. The molecule has 1 N–H and O–H groups in total. The maximum Gasteiger partial charge on any atom is 0.280 e. The summed E-state index contributed by atoms with van der Waals surface area (Å²) in [5.41, 5.74) is 1.97. The molecule has 0 atom stereocenters. The van der Waals surface area contributed by atoms with Crippen LogP contribution in [0.3, 0.4) is 0 Å². The lowest BCUT2D eigenvalue weighted by atomic mass is 10.3. The minimum atomic E-state index is -0.126. The van der Waals surface area contributed by atoms with Gasteiger partial charge in [0.05, 0.1) is 11.3 Å². The molecule has 5 nitrogen and oxygen atoms in total. The van der Waals surface area contributed by atoms with Gasteiger partial charge in [0.2, 0.25) is 0 Å². The molecule has 1 aromatic carbocycles. The molecule has 21 heavy (non-hydrogen) atoms. The standard InChI is InChI=1S/C16H14N4O/c1-12-14(11-18-15-9-5-6-10-17-15)16(21)20(19-12)13-7-3-2-4-8-13/h2-11,19H,1H3/b18-11+. The van der Waals surface area contributed by atoms with Gasteiger partial charge >= 0.3 is 0 Å². The molecule has 0 fully saturated rings. The molecule has 2 heterocycles. The second-order valence-corrected chi connectivity index (χ2v) is 4.57. The maximum absolute atomic E-state index is 12.4. The number of benzene rings is 1. The van der Waals surface area contributed by atoms with E-state index in [2.05, 4.69) is 15.1 Å². The molecule has 0 saturated carbocycles. The highest BCUT2D eigenvalue weighted by molar-refractivity contribution is 5.82. The third-order valence-electron chi connectivity index (χ3n) is 3.11. The monoisotopic (exact) mass is 278 g/mol. The fourth-order valence-corrected chi connectivity index (χ4v) is 2.03. The van der Waals surface area contributed by atoms with Gasteiger partial charge in [0.25, 0.3) is 5.56 Å². The zero-order valence-electron chi connectivity index (χ0n) is 11.5. The van der Waals surface area contributed by atoms with Crippen molar-refractivity contribution in [3.63, 3.8) is 0 Å². The van der Waals surface area contributed by atoms with E-state index in [1.807, 2.05) is 49.4 Å². The van der Waals surface area contributed by atoms with Crippen LogP contribution in [-0.4, -0.2) is 21.0 Å². The first-order chi connectivity index (χ1) is 10.3. The van der Waals surface area contributed by atoms with E-state index < -0.39 is 0 Å². The molecule has 0 bridgehead atoms. The van der Waals surface area contributed by atoms with E-state index in [9.17, 15) is 4.79 Å². The second kappa shape index (κ2) is 5.58. The summed E-state index contributed by atoms with van der Waals surface area (Å²) in [4.78, 5) is 20.8. The van der Waals surface area contributed by atoms with E-state index in [-0.39, 0.29) is 5.56 Å². The van der Waals surface area contributed by atoms with Crippen LogP contribution in [0.2, 0.25) is 0 Å². The van der Waals surface area contributed by atoms with Crippen molar-refractivity contribution in [1.29, 1.82) is 0 Å². The van der Waals surface area contributed by atoms with E-state index in [1.165, 1.54) is 4.68 Å². The normalized spacial score (nSPS) is 11.1. The molecule has 3 aromatic rings. The molecule has 2 aromatic heterocycles. The fraction of sp³-hybridized carbons (Fsp3) is 0.0625. The summed E-state index contributed by atoms with van der Waals surface area (Å²) >= 11 is 0. The number of nitrogens with zero attached hydrogens (tertiary/aromatic N) is 3. The molecule has 0 aliphatic heterocycles. The number of aromatic amines is 1. The van der Waals surface area contributed by atoms with E-state index in [4.69, 9.17) is 0 Å². The highest BCUT2D eigenvalue weighted by Gasteiger charge is 2.10. The van der Waals surface area contributed by atoms with Crippen LogP contribution in [0.15, 0.2) is 64.5 Å². The van der Waals surface area contributed by atoms with Crippen molar-refractivity contribution >= 4 is 12.0 Å². The van der Waals surface area contributed by atoms with Crippen LogP contribution in [0.1, 0.15) is 11.3 Å². The molecule has 0 spiro atoms. The Labute approximate surface area is 121 Å². The summed E-state index contributed by atoms with van der Waals surface area (Å²) in [7, 11) is 0. The first-order valence-corrected chi connectivity index (χ1v) is 6.58. The second-order valence-electron chi connectivity index (χ2n) is 4.57. The fourth-order valence-electron chi connectivity index (χ4n) is 2.03. The van der Waals surface area contributed by atoms with Crippen LogP contribution >= 0.6 is 0 Å². The zero-order chi connectivity index (χ0) is 14.7. The molecule has 0 radical (unpaired) electrons. The number of aryl methyl sites for hydroxylation is 1. The largest absolute Gasteiger partial charge is 0.295 e. The van der Waals surface area contributed by atoms with Gasteiger partial charge in [-0.05, 0) is 31.2 Å². The lowest BCUT2D eigenvalue weighted by molar-refractivity contribution is 0.835. The first kappa shape index (κ1) is 13.1. The minimum Gasteiger partial charge on any atom is -0.295 e. The number of rotatable bonds is 3. The van der Waals surface area contributed by atoms with E-state index >= 15 is 0 Å². The summed E-state index contributed by atoms with van der Waals surface area (Å²) in [6.45, 7) is 1.85. The Morgan fingerprint density at radius 3 is 2.62 bits per heavy atom. The number of hydrogen-bond donors (Lipinski definition) is 1. The van der Waals surface area contributed by atoms with Crippen LogP contribution in [0.5, 0.6) is 0 Å². The SMILES string of the molecule is Cc1[nH]n(-c2ccccc2)c(=O)c1/C=N/c1ccccn1. The van der Waals surface area contributed by atoms with Crippen molar-refractivity contribution in [2.75, 3.05) is 0 Å². The van der Waals surface area contributed by atoms with Gasteiger partial charge in [-0.2, -0.15) is 0 Å². The summed E-state index contributed by atoms with van der Waals surface area (Å²) in [6, 6.07) is 14.9. The Morgan fingerprint density at radius 1 is 1.14 bits per heavy atom. The van der Waals surface area contributed by atoms with E-state index in [0.717, 1.165) is 11.4 Å².